The number of hydrogen-bond donors (Lipinski definition) is 2. The van der Waals surface area contributed by atoms with Crippen LogP contribution in [0.2, 0.25) is 0 Å². The van der Waals surface area contributed by atoms with Gasteiger partial charge in [0.25, 0.3) is 5.56 Å². The third-order valence-electron chi connectivity index (χ3n) is 3.16. The first-order valence-corrected chi connectivity index (χ1v) is 5.68. The number of anilines is 1. The molecule has 1 heterocycles. The standard InChI is InChI=1S/C11H18N4O/c1-15-5-4-13-10(11(15)16)14-7-8-2-3-9(12)6-8/h4-5,8-9H,2-3,6-7,12H2,1H3,(H,13,14). The third-order valence-corrected chi connectivity index (χ3v) is 3.16. The predicted octanol–water partition coefficient (Wildman–Crippen LogP) is 0.320. The van der Waals surface area contributed by atoms with E-state index in [2.05, 4.69) is 10.3 Å². The number of nitrogens with one attached hydrogen (secondary N) is 1. The Labute approximate surface area is 94.7 Å². The molecule has 2 rings (SSSR count). The van der Waals surface area contributed by atoms with Crippen LogP contribution in [-0.4, -0.2) is 22.1 Å². The Morgan fingerprint density at radius 2 is 2.44 bits per heavy atom. The molecule has 16 heavy (non-hydrogen) atoms. The van der Waals surface area contributed by atoms with Crippen molar-refractivity contribution in [1.29, 1.82) is 0 Å². The average molecular weight is 222 g/mol. The fraction of sp³-hybridized carbons (Fsp3) is 0.636. The number of rotatable bonds is 3. The summed E-state index contributed by atoms with van der Waals surface area (Å²) in [6.07, 6.45) is 6.55. The van der Waals surface area contributed by atoms with Gasteiger partial charge in [0, 0.05) is 32.0 Å². The first-order valence-electron chi connectivity index (χ1n) is 5.68. The molecule has 2 unspecified atom stereocenters. The fourth-order valence-electron chi connectivity index (χ4n) is 2.16. The van der Waals surface area contributed by atoms with E-state index in [0.29, 0.717) is 17.8 Å². The van der Waals surface area contributed by atoms with Crippen LogP contribution in [0.1, 0.15) is 19.3 Å². The zero-order valence-electron chi connectivity index (χ0n) is 9.52. The van der Waals surface area contributed by atoms with Gasteiger partial charge in [-0.15, -0.1) is 0 Å². The monoisotopic (exact) mass is 222 g/mol. The molecular formula is C11H18N4O. The molecule has 0 aromatic carbocycles. The lowest BCUT2D eigenvalue weighted by Gasteiger charge is -2.11. The second-order valence-corrected chi connectivity index (χ2v) is 4.51. The smallest absolute Gasteiger partial charge is 0.293 e. The predicted molar refractivity (Wildman–Crippen MR) is 63.3 cm³/mol. The molecular weight excluding hydrogens is 204 g/mol. The van der Waals surface area contributed by atoms with Crippen molar-refractivity contribution in [1.82, 2.24) is 9.55 Å². The zero-order chi connectivity index (χ0) is 11.5. The maximum absolute atomic E-state index is 11.7. The molecule has 3 N–H and O–H groups in total. The second-order valence-electron chi connectivity index (χ2n) is 4.51. The SMILES string of the molecule is Cn1ccnc(NCC2CCC(N)C2)c1=O. The molecule has 0 amide bonds. The molecule has 5 heteroatoms. The van der Waals surface area contributed by atoms with Crippen molar-refractivity contribution >= 4 is 5.82 Å². The Bertz CT molecular complexity index is 415. The molecule has 0 radical (unpaired) electrons. The largest absolute Gasteiger partial charge is 0.365 e. The van der Waals surface area contributed by atoms with Crippen LogP contribution in [0.25, 0.3) is 0 Å². The maximum atomic E-state index is 11.7. The minimum absolute atomic E-state index is 0.0789. The quantitative estimate of drug-likeness (QED) is 0.772. The molecule has 0 aliphatic heterocycles. The average Bonchev–Trinajstić information content (AvgIpc) is 2.67. The molecule has 1 fully saturated rings. The minimum Gasteiger partial charge on any atom is -0.365 e. The number of aromatic nitrogens is 2. The molecule has 1 aromatic rings. The first kappa shape index (κ1) is 11.1. The van der Waals surface area contributed by atoms with Gasteiger partial charge in [0.05, 0.1) is 0 Å². The lowest BCUT2D eigenvalue weighted by atomic mass is 10.1. The van der Waals surface area contributed by atoms with Gasteiger partial charge in [0.2, 0.25) is 0 Å². The topological polar surface area (TPSA) is 72.9 Å². The van der Waals surface area contributed by atoms with E-state index in [1.54, 1.807) is 19.4 Å². The van der Waals surface area contributed by atoms with Crippen LogP contribution in [0.15, 0.2) is 17.2 Å². The summed E-state index contributed by atoms with van der Waals surface area (Å²) in [5.41, 5.74) is 5.76. The summed E-state index contributed by atoms with van der Waals surface area (Å²) in [4.78, 5) is 15.7. The van der Waals surface area contributed by atoms with Gasteiger partial charge < -0.3 is 15.6 Å². The van der Waals surface area contributed by atoms with Gasteiger partial charge in [0.15, 0.2) is 5.82 Å². The molecule has 0 spiro atoms. The lowest BCUT2D eigenvalue weighted by Crippen LogP contribution is -2.24. The van der Waals surface area contributed by atoms with E-state index in [4.69, 9.17) is 5.73 Å². The highest BCUT2D eigenvalue weighted by Gasteiger charge is 2.21. The normalized spacial score (nSPS) is 24.6. The van der Waals surface area contributed by atoms with Crippen LogP contribution in [0, 0.1) is 5.92 Å². The Balaban J connectivity index is 1.95. The lowest BCUT2D eigenvalue weighted by molar-refractivity contribution is 0.564. The summed E-state index contributed by atoms with van der Waals surface area (Å²) in [6, 6.07) is 0.332. The van der Waals surface area contributed by atoms with E-state index in [0.717, 1.165) is 25.8 Å². The first-order chi connectivity index (χ1) is 7.66. The Hall–Kier alpha value is -1.36. The van der Waals surface area contributed by atoms with Gasteiger partial charge in [-0.25, -0.2) is 4.98 Å². The number of nitrogens with two attached hydrogens (primary N) is 1. The maximum Gasteiger partial charge on any atom is 0.293 e. The van der Waals surface area contributed by atoms with Gasteiger partial charge in [0.1, 0.15) is 0 Å². The highest BCUT2D eigenvalue weighted by atomic mass is 16.1. The van der Waals surface area contributed by atoms with Crippen molar-refractivity contribution in [2.24, 2.45) is 18.7 Å². The highest BCUT2D eigenvalue weighted by Crippen LogP contribution is 2.23. The molecule has 88 valence electrons. The summed E-state index contributed by atoms with van der Waals surface area (Å²) >= 11 is 0. The van der Waals surface area contributed by atoms with Crippen LogP contribution in [0.3, 0.4) is 0 Å². The van der Waals surface area contributed by atoms with Crippen molar-refractivity contribution in [3.05, 3.63) is 22.7 Å². The molecule has 1 aromatic heterocycles. The molecule has 1 saturated carbocycles. The summed E-state index contributed by atoms with van der Waals surface area (Å²) < 4.78 is 1.52. The van der Waals surface area contributed by atoms with Crippen molar-refractivity contribution < 1.29 is 0 Å². The second kappa shape index (κ2) is 4.65. The molecule has 0 bridgehead atoms. The van der Waals surface area contributed by atoms with Gasteiger partial charge in [-0.05, 0) is 25.2 Å². The van der Waals surface area contributed by atoms with Crippen molar-refractivity contribution in [3.63, 3.8) is 0 Å². The Kier molecular flexibility index (Phi) is 3.24. The van der Waals surface area contributed by atoms with Crippen LogP contribution < -0.4 is 16.6 Å². The number of hydrogen-bond acceptors (Lipinski definition) is 4. The number of aryl methyl sites for hydroxylation is 1. The van der Waals surface area contributed by atoms with E-state index in [1.165, 1.54) is 4.57 Å². The minimum atomic E-state index is -0.0789. The molecule has 5 nitrogen and oxygen atoms in total. The highest BCUT2D eigenvalue weighted by molar-refractivity contribution is 5.30. The Morgan fingerprint density at radius 3 is 3.12 bits per heavy atom. The molecule has 0 saturated heterocycles. The van der Waals surface area contributed by atoms with Crippen molar-refractivity contribution in [3.8, 4) is 0 Å². The van der Waals surface area contributed by atoms with Crippen LogP contribution in [0.5, 0.6) is 0 Å². The number of nitrogens with zero attached hydrogens (tertiary/aromatic N) is 2. The summed E-state index contributed by atoms with van der Waals surface area (Å²) in [5, 5.41) is 3.12. The summed E-state index contributed by atoms with van der Waals surface area (Å²) in [6.45, 7) is 0.792. The zero-order valence-corrected chi connectivity index (χ0v) is 9.52. The molecule has 2 atom stereocenters. The van der Waals surface area contributed by atoms with E-state index >= 15 is 0 Å². The van der Waals surface area contributed by atoms with E-state index < -0.39 is 0 Å². The fourth-order valence-corrected chi connectivity index (χ4v) is 2.16. The van der Waals surface area contributed by atoms with E-state index in [1.807, 2.05) is 0 Å². The summed E-state index contributed by atoms with van der Waals surface area (Å²) in [5.74, 6) is 1.01. The van der Waals surface area contributed by atoms with Crippen molar-refractivity contribution in [2.45, 2.75) is 25.3 Å². The van der Waals surface area contributed by atoms with Crippen LogP contribution in [0.4, 0.5) is 5.82 Å². The van der Waals surface area contributed by atoms with E-state index in [9.17, 15) is 4.79 Å². The Morgan fingerprint density at radius 1 is 1.62 bits per heavy atom. The van der Waals surface area contributed by atoms with Crippen molar-refractivity contribution in [2.75, 3.05) is 11.9 Å². The van der Waals surface area contributed by atoms with Gasteiger partial charge >= 0.3 is 0 Å². The van der Waals surface area contributed by atoms with Gasteiger partial charge in [-0.2, -0.15) is 0 Å². The van der Waals surface area contributed by atoms with Crippen LogP contribution in [-0.2, 0) is 7.05 Å². The van der Waals surface area contributed by atoms with Crippen LogP contribution >= 0.6 is 0 Å². The third kappa shape index (κ3) is 2.41. The van der Waals surface area contributed by atoms with Gasteiger partial charge in [-0.3, -0.25) is 4.79 Å². The van der Waals surface area contributed by atoms with Gasteiger partial charge in [-0.1, -0.05) is 0 Å². The summed E-state index contributed by atoms with van der Waals surface area (Å²) in [7, 11) is 1.72. The molecule has 1 aliphatic rings. The molecule has 1 aliphatic carbocycles. The van der Waals surface area contributed by atoms with E-state index in [-0.39, 0.29) is 5.56 Å².